The Kier molecular flexibility index (Phi) is 3.68. The van der Waals surface area contributed by atoms with Crippen LogP contribution in [-0.2, 0) is 4.74 Å². The van der Waals surface area contributed by atoms with Crippen LogP contribution in [0.4, 0.5) is 0 Å². The fraction of sp³-hybridized carbons (Fsp3) is 1.00. The largest absolute Gasteiger partial charge is 0.378 e. The Bertz CT molecular complexity index is 199. The Morgan fingerprint density at radius 1 is 1.07 bits per heavy atom. The van der Waals surface area contributed by atoms with Crippen molar-refractivity contribution in [3.05, 3.63) is 0 Å². The summed E-state index contributed by atoms with van der Waals surface area (Å²) in [6.45, 7) is 5.47. The van der Waals surface area contributed by atoms with E-state index in [9.17, 15) is 0 Å². The van der Waals surface area contributed by atoms with E-state index >= 15 is 0 Å². The van der Waals surface area contributed by atoms with E-state index in [0.29, 0.717) is 18.1 Å². The molecule has 2 heteroatoms. The molecule has 0 amide bonds. The first-order valence-corrected chi connectivity index (χ1v) is 6.55. The van der Waals surface area contributed by atoms with Crippen LogP contribution in [0.15, 0.2) is 0 Å². The van der Waals surface area contributed by atoms with Crippen molar-refractivity contribution in [2.24, 2.45) is 23.5 Å². The highest BCUT2D eigenvalue weighted by Crippen LogP contribution is 2.35. The first-order valence-electron chi connectivity index (χ1n) is 6.55. The zero-order valence-electron chi connectivity index (χ0n) is 10.1. The Balaban J connectivity index is 1.87. The molecule has 2 aliphatic rings. The summed E-state index contributed by atoms with van der Waals surface area (Å²) in [5.74, 6) is 2.30. The topological polar surface area (TPSA) is 35.2 Å². The van der Waals surface area contributed by atoms with E-state index in [0.717, 1.165) is 18.4 Å². The molecular weight excluding hydrogens is 186 g/mol. The average Bonchev–Trinajstić information content (AvgIpc) is 2.65. The molecule has 0 radical (unpaired) electrons. The minimum absolute atomic E-state index is 0.384. The first-order chi connectivity index (χ1) is 7.18. The van der Waals surface area contributed by atoms with Gasteiger partial charge >= 0.3 is 0 Å². The maximum atomic E-state index is 6.41. The molecule has 2 rings (SSSR count). The van der Waals surface area contributed by atoms with Gasteiger partial charge in [-0.1, -0.05) is 19.8 Å². The average molecular weight is 211 g/mol. The molecule has 0 aromatic rings. The van der Waals surface area contributed by atoms with Crippen molar-refractivity contribution in [3.63, 3.8) is 0 Å². The molecule has 2 fully saturated rings. The van der Waals surface area contributed by atoms with E-state index < -0.39 is 0 Å². The molecule has 3 atom stereocenters. The van der Waals surface area contributed by atoms with Gasteiger partial charge in [-0.2, -0.15) is 0 Å². The summed E-state index contributed by atoms with van der Waals surface area (Å²) in [6, 6.07) is 0.384. The van der Waals surface area contributed by atoms with Crippen LogP contribution >= 0.6 is 0 Å². The molecular formula is C13H25NO. The van der Waals surface area contributed by atoms with Crippen LogP contribution in [0.5, 0.6) is 0 Å². The van der Waals surface area contributed by atoms with Crippen molar-refractivity contribution in [2.75, 3.05) is 6.61 Å². The van der Waals surface area contributed by atoms with Crippen LogP contribution in [-0.4, -0.2) is 18.8 Å². The predicted octanol–water partition coefficient (Wildman–Crippen LogP) is 2.57. The Morgan fingerprint density at radius 3 is 2.27 bits per heavy atom. The Labute approximate surface area is 93.6 Å². The van der Waals surface area contributed by atoms with E-state index in [2.05, 4.69) is 13.8 Å². The molecule has 0 spiro atoms. The van der Waals surface area contributed by atoms with E-state index in [1.807, 2.05) is 0 Å². The normalized spacial score (nSPS) is 44.2. The molecule has 88 valence electrons. The molecule has 1 aliphatic carbocycles. The second-order valence-electron chi connectivity index (χ2n) is 5.63. The maximum absolute atomic E-state index is 6.41. The van der Waals surface area contributed by atoms with Crippen LogP contribution < -0.4 is 5.73 Å². The zero-order valence-corrected chi connectivity index (χ0v) is 10.1. The Morgan fingerprint density at radius 2 is 1.73 bits per heavy atom. The lowest BCUT2D eigenvalue weighted by Crippen LogP contribution is -2.41. The number of rotatable bonds is 2. The van der Waals surface area contributed by atoms with Crippen molar-refractivity contribution in [1.82, 2.24) is 0 Å². The van der Waals surface area contributed by atoms with Gasteiger partial charge in [-0.05, 0) is 38.0 Å². The van der Waals surface area contributed by atoms with Gasteiger partial charge in [0.2, 0.25) is 0 Å². The Hall–Kier alpha value is -0.0800. The van der Waals surface area contributed by atoms with Gasteiger partial charge in [-0.15, -0.1) is 0 Å². The SMILES string of the molecule is CC1CCC(C(N)C2CCOC2C)CC1. The van der Waals surface area contributed by atoms with Crippen molar-refractivity contribution in [2.45, 2.75) is 58.1 Å². The van der Waals surface area contributed by atoms with Gasteiger partial charge in [0.1, 0.15) is 0 Å². The highest BCUT2D eigenvalue weighted by molar-refractivity contribution is 4.88. The quantitative estimate of drug-likeness (QED) is 0.762. The molecule has 1 saturated heterocycles. The summed E-state index contributed by atoms with van der Waals surface area (Å²) in [5.41, 5.74) is 6.41. The molecule has 2 N–H and O–H groups in total. The lowest BCUT2D eigenvalue weighted by Gasteiger charge is -2.34. The van der Waals surface area contributed by atoms with Crippen LogP contribution in [0, 0.1) is 17.8 Å². The fourth-order valence-electron chi connectivity index (χ4n) is 3.27. The fourth-order valence-corrected chi connectivity index (χ4v) is 3.27. The van der Waals surface area contributed by atoms with Gasteiger partial charge in [0, 0.05) is 18.6 Å². The maximum Gasteiger partial charge on any atom is 0.0590 e. The van der Waals surface area contributed by atoms with Gasteiger partial charge in [-0.25, -0.2) is 0 Å². The summed E-state index contributed by atoms with van der Waals surface area (Å²) >= 11 is 0. The second kappa shape index (κ2) is 4.84. The van der Waals surface area contributed by atoms with E-state index in [1.54, 1.807) is 0 Å². The highest BCUT2D eigenvalue weighted by Gasteiger charge is 2.35. The smallest absolute Gasteiger partial charge is 0.0590 e. The van der Waals surface area contributed by atoms with Crippen molar-refractivity contribution in [3.8, 4) is 0 Å². The predicted molar refractivity (Wildman–Crippen MR) is 62.6 cm³/mol. The number of hydrogen-bond donors (Lipinski definition) is 1. The van der Waals surface area contributed by atoms with Crippen LogP contribution in [0.1, 0.15) is 46.0 Å². The third kappa shape index (κ3) is 2.54. The number of nitrogens with two attached hydrogens (primary N) is 1. The summed E-state index contributed by atoms with van der Waals surface area (Å²) in [7, 11) is 0. The van der Waals surface area contributed by atoms with Crippen molar-refractivity contribution >= 4 is 0 Å². The molecule has 0 aromatic carbocycles. The second-order valence-corrected chi connectivity index (χ2v) is 5.63. The summed E-state index contributed by atoms with van der Waals surface area (Å²) < 4.78 is 5.62. The number of hydrogen-bond acceptors (Lipinski definition) is 2. The highest BCUT2D eigenvalue weighted by atomic mass is 16.5. The van der Waals surface area contributed by atoms with Crippen LogP contribution in [0.25, 0.3) is 0 Å². The third-order valence-electron chi connectivity index (χ3n) is 4.53. The minimum Gasteiger partial charge on any atom is -0.378 e. The van der Waals surface area contributed by atoms with Gasteiger partial charge in [0.05, 0.1) is 6.10 Å². The van der Waals surface area contributed by atoms with E-state index in [4.69, 9.17) is 10.5 Å². The lowest BCUT2D eigenvalue weighted by atomic mass is 9.74. The van der Waals surface area contributed by atoms with Gasteiger partial charge in [0.25, 0.3) is 0 Å². The molecule has 15 heavy (non-hydrogen) atoms. The standard InChI is InChI=1S/C13H25NO/c1-9-3-5-11(6-4-9)13(14)12-7-8-15-10(12)2/h9-13H,3-8,14H2,1-2H3. The molecule has 1 aliphatic heterocycles. The lowest BCUT2D eigenvalue weighted by molar-refractivity contribution is 0.0871. The van der Waals surface area contributed by atoms with Gasteiger partial charge < -0.3 is 10.5 Å². The summed E-state index contributed by atoms with van der Waals surface area (Å²) in [5, 5.41) is 0. The first kappa shape index (κ1) is 11.4. The van der Waals surface area contributed by atoms with E-state index in [1.165, 1.54) is 32.1 Å². The van der Waals surface area contributed by atoms with Crippen molar-refractivity contribution < 1.29 is 4.74 Å². The molecule has 1 saturated carbocycles. The van der Waals surface area contributed by atoms with Crippen LogP contribution in [0.2, 0.25) is 0 Å². The van der Waals surface area contributed by atoms with E-state index in [-0.39, 0.29) is 0 Å². The zero-order chi connectivity index (χ0) is 10.8. The number of ether oxygens (including phenoxy) is 1. The molecule has 1 heterocycles. The van der Waals surface area contributed by atoms with Crippen LogP contribution in [0.3, 0.4) is 0 Å². The molecule has 2 nitrogen and oxygen atoms in total. The monoisotopic (exact) mass is 211 g/mol. The van der Waals surface area contributed by atoms with Gasteiger partial charge in [0.15, 0.2) is 0 Å². The van der Waals surface area contributed by atoms with Gasteiger partial charge in [-0.3, -0.25) is 0 Å². The van der Waals surface area contributed by atoms with Crippen molar-refractivity contribution in [1.29, 1.82) is 0 Å². The molecule has 0 bridgehead atoms. The summed E-state index contributed by atoms with van der Waals surface area (Å²) in [6.07, 6.45) is 6.99. The minimum atomic E-state index is 0.384. The molecule has 0 aromatic heterocycles. The third-order valence-corrected chi connectivity index (χ3v) is 4.53. The molecule has 3 unspecified atom stereocenters. The summed E-state index contributed by atoms with van der Waals surface area (Å²) in [4.78, 5) is 0.